The lowest BCUT2D eigenvalue weighted by Crippen LogP contribution is -2.31. The molecule has 4 rings (SSSR count). The van der Waals surface area contributed by atoms with Gasteiger partial charge >= 0.3 is 0 Å². The van der Waals surface area contributed by atoms with Crippen molar-refractivity contribution in [3.05, 3.63) is 45.0 Å². The number of nitrogens with zero attached hydrogens (tertiary/aromatic N) is 5. The zero-order valence-electron chi connectivity index (χ0n) is 17.6. The van der Waals surface area contributed by atoms with Gasteiger partial charge in [0, 0.05) is 6.54 Å². The molecule has 1 aliphatic rings. The highest BCUT2D eigenvalue weighted by Gasteiger charge is 2.36. The number of anilines is 3. The fourth-order valence-electron chi connectivity index (χ4n) is 3.79. The van der Waals surface area contributed by atoms with E-state index < -0.39 is 0 Å². The van der Waals surface area contributed by atoms with Crippen LogP contribution in [-0.2, 0) is 6.54 Å². The van der Waals surface area contributed by atoms with Crippen molar-refractivity contribution in [3.8, 4) is 6.07 Å². The van der Waals surface area contributed by atoms with Gasteiger partial charge in [0.05, 0.1) is 22.0 Å². The summed E-state index contributed by atoms with van der Waals surface area (Å²) in [4.78, 5) is 26.4. The van der Waals surface area contributed by atoms with E-state index in [-0.39, 0.29) is 40.7 Å². The first kappa shape index (κ1) is 21.8. The Morgan fingerprint density at radius 1 is 1.31 bits per heavy atom. The van der Waals surface area contributed by atoms with E-state index in [9.17, 15) is 10.1 Å². The second-order valence-corrected chi connectivity index (χ2v) is 8.19. The minimum Gasteiger partial charge on any atom is -0.382 e. The fraction of sp³-hybridized carbons (Fsp3) is 0.381. The van der Waals surface area contributed by atoms with Gasteiger partial charge in [-0.3, -0.25) is 9.36 Å². The molecule has 1 fully saturated rings. The molecular weight excluding hydrogens is 430 g/mol. The van der Waals surface area contributed by atoms with Crippen LogP contribution >= 0.6 is 11.6 Å². The maximum atomic E-state index is 13.5. The van der Waals surface area contributed by atoms with E-state index in [1.54, 1.807) is 22.8 Å². The first-order chi connectivity index (χ1) is 15.4. The van der Waals surface area contributed by atoms with Crippen LogP contribution in [0.15, 0.2) is 23.0 Å². The van der Waals surface area contributed by atoms with Gasteiger partial charge in [-0.05, 0) is 50.9 Å². The zero-order valence-corrected chi connectivity index (χ0v) is 18.4. The van der Waals surface area contributed by atoms with Crippen LogP contribution in [0.4, 0.5) is 17.6 Å². The Balaban J connectivity index is 1.87. The van der Waals surface area contributed by atoms with Gasteiger partial charge in [0.2, 0.25) is 5.95 Å². The molecule has 11 heteroatoms. The molecule has 10 nitrogen and oxygen atoms in total. The number of aromatic nitrogens is 4. The van der Waals surface area contributed by atoms with Crippen molar-refractivity contribution < 1.29 is 0 Å². The van der Waals surface area contributed by atoms with E-state index in [1.165, 1.54) is 0 Å². The molecule has 2 heterocycles. The van der Waals surface area contributed by atoms with Crippen molar-refractivity contribution in [1.29, 1.82) is 5.26 Å². The Morgan fingerprint density at radius 2 is 2.09 bits per heavy atom. The number of nitrogens with two attached hydrogens (primary N) is 2. The lowest BCUT2D eigenvalue weighted by atomic mass is 10.1. The van der Waals surface area contributed by atoms with Crippen LogP contribution in [0, 0.1) is 17.2 Å². The normalized spacial score (nSPS) is 14.3. The number of hydrogen-bond acceptors (Lipinski definition) is 9. The monoisotopic (exact) mass is 453 g/mol. The molecule has 2 aromatic heterocycles. The van der Waals surface area contributed by atoms with Gasteiger partial charge in [0.25, 0.3) is 5.56 Å². The van der Waals surface area contributed by atoms with E-state index in [0.717, 1.165) is 25.8 Å². The number of nitriles is 1. The Kier molecular flexibility index (Phi) is 6.12. The average Bonchev–Trinajstić information content (AvgIpc) is 3.58. The van der Waals surface area contributed by atoms with Crippen LogP contribution < -0.4 is 27.7 Å². The molecule has 0 saturated heterocycles. The molecule has 1 aliphatic carbocycles. The smallest absolute Gasteiger partial charge is 0.262 e. The number of nitrogen functional groups attached to an aromatic ring is 2. The number of halogens is 1. The maximum absolute atomic E-state index is 13.5. The summed E-state index contributed by atoms with van der Waals surface area (Å²) in [5, 5.41) is 16.7. The lowest BCUT2D eigenvalue weighted by Gasteiger charge is -2.24. The maximum Gasteiger partial charge on any atom is 0.262 e. The predicted octanol–water partition coefficient (Wildman–Crippen LogP) is 2.05. The minimum absolute atomic E-state index is 0.00158. The topological polar surface area (TPSA) is 161 Å². The molecule has 1 atom stereocenters. The van der Waals surface area contributed by atoms with Crippen LogP contribution in [0.3, 0.4) is 0 Å². The molecular formula is C21H24ClN9O. The van der Waals surface area contributed by atoms with Gasteiger partial charge in [-0.1, -0.05) is 17.7 Å². The molecule has 0 unspecified atom stereocenters. The Bertz CT molecular complexity index is 1260. The Morgan fingerprint density at radius 3 is 2.78 bits per heavy atom. The van der Waals surface area contributed by atoms with E-state index in [2.05, 4.69) is 20.6 Å². The quantitative estimate of drug-likeness (QED) is 0.374. The zero-order chi connectivity index (χ0) is 22.8. The number of nitrogens with one attached hydrogen (secondary N) is 2. The molecule has 6 N–H and O–H groups in total. The summed E-state index contributed by atoms with van der Waals surface area (Å²) in [6, 6.07) is 6.90. The van der Waals surface area contributed by atoms with E-state index in [1.807, 2.05) is 13.1 Å². The van der Waals surface area contributed by atoms with Crippen LogP contribution in [0.2, 0.25) is 5.02 Å². The Hall–Kier alpha value is -3.42. The summed E-state index contributed by atoms with van der Waals surface area (Å²) in [5.41, 5.74) is 12.1. The molecule has 1 saturated carbocycles. The summed E-state index contributed by atoms with van der Waals surface area (Å²) in [7, 11) is 1.86. The SMILES string of the molecule is CNCCCn1c([C@@H](Nc2nc(N)nc(N)c2C#N)C2CC2)nc2cccc(Cl)c2c1=O. The highest BCUT2D eigenvalue weighted by atomic mass is 35.5. The van der Waals surface area contributed by atoms with Gasteiger partial charge < -0.3 is 22.1 Å². The van der Waals surface area contributed by atoms with Crippen molar-refractivity contribution in [3.63, 3.8) is 0 Å². The summed E-state index contributed by atoms with van der Waals surface area (Å²) < 4.78 is 1.67. The number of fused-ring (bicyclic) bond motifs is 1. The van der Waals surface area contributed by atoms with Gasteiger partial charge in [0.1, 0.15) is 23.3 Å². The molecule has 3 aromatic rings. The predicted molar refractivity (Wildman–Crippen MR) is 124 cm³/mol. The van der Waals surface area contributed by atoms with Gasteiger partial charge in [-0.2, -0.15) is 15.2 Å². The highest BCUT2D eigenvalue weighted by Crippen LogP contribution is 2.43. The van der Waals surface area contributed by atoms with Crippen LogP contribution in [0.1, 0.15) is 36.7 Å². The summed E-state index contributed by atoms with van der Waals surface area (Å²) in [6.45, 7) is 1.21. The highest BCUT2D eigenvalue weighted by molar-refractivity contribution is 6.35. The first-order valence-electron chi connectivity index (χ1n) is 10.4. The molecule has 0 aliphatic heterocycles. The number of benzene rings is 1. The third-order valence-corrected chi connectivity index (χ3v) is 5.82. The van der Waals surface area contributed by atoms with Crippen LogP contribution in [0.5, 0.6) is 0 Å². The second kappa shape index (κ2) is 8.98. The third-order valence-electron chi connectivity index (χ3n) is 5.50. The van der Waals surface area contributed by atoms with Crippen molar-refractivity contribution in [1.82, 2.24) is 24.8 Å². The lowest BCUT2D eigenvalue weighted by molar-refractivity contribution is 0.521. The minimum atomic E-state index is -0.360. The van der Waals surface area contributed by atoms with E-state index >= 15 is 0 Å². The van der Waals surface area contributed by atoms with Crippen molar-refractivity contribution in [2.24, 2.45) is 5.92 Å². The van der Waals surface area contributed by atoms with Crippen molar-refractivity contribution in [2.45, 2.75) is 31.8 Å². The summed E-state index contributed by atoms with van der Waals surface area (Å²) >= 11 is 6.34. The van der Waals surface area contributed by atoms with E-state index in [0.29, 0.717) is 28.3 Å². The molecule has 32 heavy (non-hydrogen) atoms. The molecule has 166 valence electrons. The Labute approximate surface area is 189 Å². The van der Waals surface area contributed by atoms with Crippen molar-refractivity contribution in [2.75, 3.05) is 30.4 Å². The molecule has 0 amide bonds. The third kappa shape index (κ3) is 4.17. The van der Waals surface area contributed by atoms with E-state index in [4.69, 9.17) is 28.1 Å². The number of hydrogen-bond donors (Lipinski definition) is 4. The molecule has 0 bridgehead atoms. The van der Waals surface area contributed by atoms with Gasteiger partial charge in [-0.25, -0.2) is 4.98 Å². The fourth-order valence-corrected chi connectivity index (χ4v) is 4.04. The largest absolute Gasteiger partial charge is 0.382 e. The second-order valence-electron chi connectivity index (χ2n) is 7.78. The van der Waals surface area contributed by atoms with Gasteiger partial charge in [-0.15, -0.1) is 0 Å². The first-order valence-corrected chi connectivity index (χ1v) is 10.8. The standard InChI is InChI=1S/C21H24ClN9O/c1-26-8-3-9-31-19(27-14-5-2-4-13(22)15(14)20(31)32)16(11-6-7-11)28-18-12(10-23)17(24)29-21(25)30-18/h2,4-5,11,16,26H,3,6-9H2,1H3,(H5,24,25,28,29,30)/t16-/m0/s1. The van der Waals surface area contributed by atoms with Crippen molar-refractivity contribution >= 4 is 40.1 Å². The summed E-state index contributed by atoms with van der Waals surface area (Å²) in [5.74, 6) is 0.989. The number of rotatable bonds is 8. The van der Waals surface area contributed by atoms with Crippen LogP contribution in [-0.4, -0.2) is 33.1 Å². The average molecular weight is 454 g/mol. The van der Waals surface area contributed by atoms with Crippen LogP contribution in [0.25, 0.3) is 10.9 Å². The molecule has 1 aromatic carbocycles. The molecule has 0 spiro atoms. The summed E-state index contributed by atoms with van der Waals surface area (Å²) in [6.07, 6.45) is 2.64. The van der Waals surface area contributed by atoms with Gasteiger partial charge in [0.15, 0.2) is 5.82 Å². The molecule has 0 radical (unpaired) electrons.